The van der Waals surface area contributed by atoms with E-state index in [-0.39, 0.29) is 22.4 Å². The summed E-state index contributed by atoms with van der Waals surface area (Å²) in [5.74, 6) is -1.73. The van der Waals surface area contributed by atoms with Gasteiger partial charge in [0.2, 0.25) is 0 Å². The van der Waals surface area contributed by atoms with Crippen LogP contribution in [-0.2, 0) is 16.1 Å². The van der Waals surface area contributed by atoms with Crippen molar-refractivity contribution in [1.29, 1.82) is 0 Å². The number of amides is 1. The van der Waals surface area contributed by atoms with Crippen molar-refractivity contribution in [2.75, 3.05) is 32.2 Å². The molecule has 3 aromatic carbocycles. The molecule has 1 fully saturated rings. The number of benzene rings is 3. The van der Waals surface area contributed by atoms with Gasteiger partial charge in [-0.15, -0.1) is 0 Å². The van der Waals surface area contributed by atoms with E-state index in [9.17, 15) is 28.3 Å². The molecule has 0 bridgehead atoms. The van der Waals surface area contributed by atoms with Gasteiger partial charge in [0.25, 0.3) is 6.43 Å². The van der Waals surface area contributed by atoms with Gasteiger partial charge in [-0.1, -0.05) is 24.3 Å². The SMILES string of the molecule is COc1cc(-n2ncc3c(-c4cccc(N(C(=O)OC(C)(C)C)c5nc(C(F)F)nc6cc(CN7CC[C@@H](C(=O)O)C7)cnc56)c4C)cccc32)cc(OC)c1C=O. The summed E-state index contributed by atoms with van der Waals surface area (Å²) in [6.45, 7) is 8.14. The Morgan fingerprint density at radius 2 is 1.72 bits per heavy atom. The lowest BCUT2D eigenvalue weighted by molar-refractivity contribution is -0.141. The quantitative estimate of drug-likeness (QED) is 0.126. The summed E-state index contributed by atoms with van der Waals surface area (Å²) in [7, 11) is 2.92. The fraction of sp³-hybridized carbons (Fsp3) is 0.310. The summed E-state index contributed by atoms with van der Waals surface area (Å²) in [5, 5.41) is 14.9. The minimum Gasteiger partial charge on any atom is -0.496 e. The number of halogens is 2. The van der Waals surface area contributed by atoms with E-state index >= 15 is 0 Å². The zero-order valence-corrected chi connectivity index (χ0v) is 32.7. The molecule has 1 aliphatic heterocycles. The van der Waals surface area contributed by atoms with Gasteiger partial charge < -0.3 is 19.3 Å². The molecule has 1 amide bonds. The number of carbonyl (C=O) groups excluding carboxylic acids is 2. The maximum atomic E-state index is 14.5. The number of aldehydes is 1. The molecule has 58 heavy (non-hydrogen) atoms. The number of ether oxygens (including phenoxy) is 3. The number of aromatic nitrogens is 5. The van der Waals surface area contributed by atoms with Crippen molar-refractivity contribution >= 4 is 51.8 Å². The lowest BCUT2D eigenvalue weighted by Gasteiger charge is -2.29. The van der Waals surface area contributed by atoms with Crippen LogP contribution in [0.4, 0.5) is 25.1 Å². The van der Waals surface area contributed by atoms with Crippen molar-refractivity contribution in [3.8, 4) is 28.3 Å². The number of rotatable bonds is 11. The van der Waals surface area contributed by atoms with E-state index in [1.807, 2.05) is 36.1 Å². The Balaban J connectivity index is 1.36. The normalized spacial score (nSPS) is 14.6. The summed E-state index contributed by atoms with van der Waals surface area (Å²) in [5.41, 5.74) is 3.74. The number of hydrogen-bond donors (Lipinski definition) is 1. The van der Waals surface area contributed by atoms with Gasteiger partial charge in [-0.25, -0.2) is 33.1 Å². The average Bonchev–Trinajstić information content (AvgIpc) is 3.85. The molecule has 14 nitrogen and oxygen atoms in total. The van der Waals surface area contributed by atoms with Crippen LogP contribution < -0.4 is 14.4 Å². The highest BCUT2D eigenvalue weighted by Crippen LogP contribution is 2.41. The number of methoxy groups -OCH3 is 2. The predicted molar refractivity (Wildman–Crippen MR) is 211 cm³/mol. The van der Waals surface area contributed by atoms with E-state index in [2.05, 4.69) is 20.1 Å². The molecule has 7 rings (SSSR count). The van der Waals surface area contributed by atoms with Crippen LogP contribution >= 0.6 is 0 Å². The molecule has 1 atom stereocenters. The molecule has 4 heterocycles. The number of pyridine rings is 1. The Bertz CT molecular complexity index is 2550. The third-order valence-corrected chi connectivity index (χ3v) is 9.94. The fourth-order valence-corrected chi connectivity index (χ4v) is 7.26. The van der Waals surface area contributed by atoms with E-state index < -0.39 is 35.8 Å². The minimum absolute atomic E-state index is 0.0840. The van der Waals surface area contributed by atoms with Crippen LogP contribution in [0.25, 0.3) is 38.8 Å². The van der Waals surface area contributed by atoms with E-state index in [1.165, 1.54) is 14.2 Å². The lowest BCUT2D eigenvalue weighted by Crippen LogP contribution is -2.35. The summed E-state index contributed by atoms with van der Waals surface area (Å²) < 4.78 is 47.6. The predicted octanol–water partition coefficient (Wildman–Crippen LogP) is 8.09. The van der Waals surface area contributed by atoms with Crippen LogP contribution in [-0.4, -0.2) is 86.0 Å². The number of hydrogen-bond acceptors (Lipinski definition) is 11. The zero-order chi connectivity index (χ0) is 41.5. The zero-order valence-electron chi connectivity index (χ0n) is 32.7. The van der Waals surface area contributed by atoms with Crippen LogP contribution in [0.2, 0.25) is 0 Å². The van der Waals surface area contributed by atoms with Gasteiger partial charge in [0.1, 0.15) is 22.6 Å². The Morgan fingerprint density at radius 1 is 1.02 bits per heavy atom. The van der Waals surface area contributed by atoms with E-state index in [4.69, 9.17) is 14.2 Å². The molecule has 16 heteroatoms. The number of aliphatic carboxylic acids is 1. The van der Waals surface area contributed by atoms with Gasteiger partial charge >= 0.3 is 12.1 Å². The van der Waals surface area contributed by atoms with Crippen LogP contribution in [0, 0.1) is 12.8 Å². The monoisotopic (exact) mass is 793 g/mol. The molecule has 0 unspecified atom stereocenters. The number of carboxylic acids is 1. The number of fused-ring (bicyclic) bond motifs is 2. The van der Waals surface area contributed by atoms with Gasteiger partial charge in [-0.05, 0) is 81.1 Å². The smallest absolute Gasteiger partial charge is 0.420 e. The second-order valence-corrected chi connectivity index (χ2v) is 14.9. The van der Waals surface area contributed by atoms with Gasteiger partial charge in [0.05, 0.1) is 54.3 Å². The summed E-state index contributed by atoms with van der Waals surface area (Å²) in [4.78, 5) is 53.8. The number of likely N-dealkylation sites (tertiary alicyclic amines) is 1. The van der Waals surface area contributed by atoms with Gasteiger partial charge in [0.15, 0.2) is 17.9 Å². The molecular formula is C42H41F2N7O7. The average molecular weight is 794 g/mol. The molecule has 1 aliphatic rings. The minimum atomic E-state index is -3.08. The Labute approximate surface area is 332 Å². The largest absolute Gasteiger partial charge is 0.496 e. The Morgan fingerprint density at radius 3 is 2.36 bits per heavy atom. The maximum Gasteiger partial charge on any atom is 0.420 e. The third kappa shape index (κ3) is 7.62. The molecule has 0 aliphatic carbocycles. The molecule has 3 aromatic heterocycles. The molecule has 0 spiro atoms. The number of carbonyl (C=O) groups is 3. The van der Waals surface area contributed by atoms with Crippen LogP contribution in [0.15, 0.2) is 67.0 Å². The fourth-order valence-electron chi connectivity index (χ4n) is 7.26. The topological polar surface area (TPSA) is 162 Å². The van der Waals surface area contributed by atoms with Crippen molar-refractivity contribution in [3.63, 3.8) is 0 Å². The van der Waals surface area contributed by atoms with Crippen molar-refractivity contribution in [3.05, 3.63) is 89.5 Å². The molecule has 0 saturated carbocycles. The standard InChI is InChI=1S/C42H41F2N7O7/c1-23-27(28-10-8-12-33-29(28)19-46-51(33)26-16-34(56-5)30(22-52)35(17-26)57-6)9-7-11-32(23)50(41(55)58-42(2,3)4)39-36-31(47-38(48-39)37(43)44)15-24(18-45-36)20-49-14-13-25(21-49)40(53)54/h7-12,15-19,22,25,37H,13-14,20-21H2,1-6H3,(H,53,54)/t25-/m1/s1. The second kappa shape index (κ2) is 15.8. The van der Waals surface area contributed by atoms with Gasteiger partial charge in [-0.2, -0.15) is 5.10 Å². The molecule has 6 aromatic rings. The van der Waals surface area contributed by atoms with Gasteiger partial charge in [0, 0.05) is 36.8 Å². The highest BCUT2D eigenvalue weighted by molar-refractivity contribution is 6.05. The molecule has 0 radical (unpaired) electrons. The van der Waals surface area contributed by atoms with Crippen molar-refractivity contribution in [2.45, 2.75) is 52.7 Å². The summed E-state index contributed by atoms with van der Waals surface area (Å²) in [6, 6.07) is 15.9. The second-order valence-electron chi connectivity index (χ2n) is 14.9. The molecule has 1 saturated heterocycles. The first-order chi connectivity index (χ1) is 27.7. The number of anilines is 2. The van der Waals surface area contributed by atoms with Crippen molar-refractivity contribution in [2.24, 2.45) is 5.92 Å². The highest BCUT2D eigenvalue weighted by atomic mass is 19.3. The van der Waals surface area contributed by atoms with Crippen molar-refractivity contribution in [1.82, 2.24) is 29.6 Å². The Kier molecular flexibility index (Phi) is 10.8. The first-order valence-electron chi connectivity index (χ1n) is 18.4. The van der Waals surface area contributed by atoms with Crippen molar-refractivity contribution < 1.29 is 42.5 Å². The maximum absolute atomic E-state index is 14.5. The molecular weight excluding hydrogens is 752 g/mol. The first-order valence-corrected chi connectivity index (χ1v) is 18.4. The summed E-state index contributed by atoms with van der Waals surface area (Å²) >= 11 is 0. The number of alkyl halides is 2. The summed E-state index contributed by atoms with van der Waals surface area (Å²) in [6.07, 6.45) is 0.462. The van der Waals surface area contributed by atoms with Crippen LogP contribution in [0.3, 0.4) is 0 Å². The van der Waals surface area contributed by atoms with E-state index in [0.717, 1.165) is 15.8 Å². The number of nitrogens with zero attached hydrogens (tertiary/aromatic N) is 7. The lowest BCUT2D eigenvalue weighted by atomic mass is 9.96. The Hall–Kier alpha value is -6.55. The van der Waals surface area contributed by atoms with Crippen LogP contribution in [0.5, 0.6) is 11.5 Å². The third-order valence-electron chi connectivity index (χ3n) is 9.94. The van der Waals surface area contributed by atoms with E-state index in [1.54, 1.807) is 68.2 Å². The highest BCUT2D eigenvalue weighted by Gasteiger charge is 2.32. The van der Waals surface area contributed by atoms with Crippen LogP contribution in [0.1, 0.15) is 60.9 Å². The molecule has 300 valence electrons. The van der Waals surface area contributed by atoms with E-state index in [0.29, 0.717) is 77.4 Å². The number of carboxylic acid groups (broad SMARTS) is 1. The first kappa shape index (κ1) is 39.7. The molecule has 1 N–H and O–H groups in total. The van der Waals surface area contributed by atoms with Gasteiger partial charge in [-0.3, -0.25) is 19.5 Å².